The maximum atomic E-state index is 12.4. The number of carbonyl (C=O) groups is 2. The number of methoxy groups -OCH3 is 1. The number of benzene rings is 1. The molecule has 2 aliphatic rings. The molecule has 2 fully saturated rings. The van der Waals surface area contributed by atoms with Crippen LogP contribution in [0.2, 0.25) is 0 Å². The van der Waals surface area contributed by atoms with E-state index in [1.165, 1.54) is 0 Å². The van der Waals surface area contributed by atoms with Crippen LogP contribution in [0.3, 0.4) is 0 Å². The molecule has 150 valence electrons. The molecule has 1 unspecified atom stereocenters. The fourth-order valence-electron chi connectivity index (χ4n) is 3.68. The van der Waals surface area contributed by atoms with Gasteiger partial charge >= 0.3 is 0 Å². The van der Waals surface area contributed by atoms with Crippen LogP contribution >= 0.6 is 12.4 Å². The normalized spacial score (nSPS) is 20.0. The van der Waals surface area contributed by atoms with E-state index in [9.17, 15) is 9.59 Å². The molecule has 0 radical (unpaired) electrons. The molecule has 3 rings (SSSR count). The molecule has 2 N–H and O–H groups in total. The van der Waals surface area contributed by atoms with E-state index in [4.69, 9.17) is 4.74 Å². The maximum absolute atomic E-state index is 12.4. The Hall–Kier alpha value is -1.83. The first kappa shape index (κ1) is 21.5. The van der Waals surface area contributed by atoms with Crippen LogP contribution in [0.15, 0.2) is 24.3 Å². The lowest BCUT2D eigenvalue weighted by molar-refractivity contribution is -0.132. The number of nitrogens with one attached hydrogen (secondary N) is 2. The highest BCUT2D eigenvalue weighted by Gasteiger charge is 2.28. The first-order valence-corrected chi connectivity index (χ1v) is 9.31. The van der Waals surface area contributed by atoms with E-state index < -0.39 is 0 Å². The first-order chi connectivity index (χ1) is 12.7. The molecular weight excluding hydrogens is 368 g/mol. The Balaban J connectivity index is 0.00000261. The third-order valence-corrected chi connectivity index (χ3v) is 5.09. The van der Waals surface area contributed by atoms with E-state index >= 15 is 0 Å². The van der Waals surface area contributed by atoms with Gasteiger partial charge in [0.1, 0.15) is 5.75 Å². The Morgan fingerprint density at radius 2 is 1.96 bits per heavy atom. The average Bonchev–Trinajstić information content (AvgIpc) is 3.21. The molecule has 2 amide bonds. The summed E-state index contributed by atoms with van der Waals surface area (Å²) in [7, 11) is 1.66. The van der Waals surface area contributed by atoms with Crippen LogP contribution in [0.5, 0.6) is 5.75 Å². The third-order valence-electron chi connectivity index (χ3n) is 5.09. The van der Waals surface area contributed by atoms with E-state index in [2.05, 4.69) is 15.5 Å². The number of carbonyl (C=O) groups excluding carboxylic acids is 2. The average molecular weight is 397 g/mol. The van der Waals surface area contributed by atoms with Gasteiger partial charge in [0.05, 0.1) is 26.2 Å². The molecule has 2 heterocycles. The summed E-state index contributed by atoms with van der Waals surface area (Å²) in [6, 6.07) is 7.98. The number of piperazine rings is 1. The minimum atomic E-state index is -0.112. The summed E-state index contributed by atoms with van der Waals surface area (Å²) in [6.45, 7) is 4.36. The molecule has 27 heavy (non-hydrogen) atoms. The van der Waals surface area contributed by atoms with Crippen molar-refractivity contribution in [3.63, 3.8) is 0 Å². The van der Waals surface area contributed by atoms with Crippen LogP contribution < -0.4 is 15.4 Å². The van der Waals surface area contributed by atoms with Crippen molar-refractivity contribution < 1.29 is 14.3 Å². The second-order valence-electron chi connectivity index (χ2n) is 6.80. The molecule has 1 atom stereocenters. The molecule has 1 aromatic rings. The maximum Gasteiger partial charge on any atom is 0.241 e. The van der Waals surface area contributed by atoms with Crippen LogP contribution in [0.4, 0.5) is 0 Å². The van der Waals surface area contributed by atoms with Crippen LogP contribution in [0.25, 0.3) is 0 Å². The first-order valence-electron chi connectivity index (χ1n) is 9.31. The van der Waals surface area contributed by atoms with Crippen molar-refractivity contribution in [2.45, 2.75) is 18.9 Å². The highest BCUT2D eigenvalue weighted by atomic mass is 35.5. The van der Waals surface area contributed by atoms with E-state index in [0.717, 1.165) is 56.9 Å². The quantitative estimate of drug-likeness (QED) is 0.744. The predicted octanol–water partition coefficient (Wildman–Crippen LogP) is 0.802. The number of rotatable bonds is 6. The Morgan fingerprint density at radius 3 is 2.70 bits per heavy atom. The minimum absolute atomic E-state index is 0. The molecule has 0 aliphatic carbocycles. The Labute approximate surface area is 166 Å². The molecule has 2 saturated heterocycles. The van der Waals surface area contributed by atoms with E-state index in [-0.39, 0.29) is 43.4 Å². The monoisotopic (exact) mass is 396 g/mol. The van der Waals surface area contributed by atoms with Gasteiger partial charge in [-0.3, -0.25) is 14.5 Å². The van der Waals surface area contributed by atoms with Crippen LogP contribution in [-0.2, 0) is 9.59 Å². The number of hydrogen-bond acceptors (Lipinski definition) is 5. The Kier molecular flexibility index (Phi) is 8.34. The van der Waals surface area contributed by atoms with Crippen LogP contribution in [0, 0.1) is 0 Å². The summed E-state index contributed by atoms with van der Waals surface area (Å²) < 4.78 is 5.48. The number of amides is 2. The molecule has 0 saturated carbocycles. The van der Waals surface area contributed by atoms with Gasteiger partial charge in [-0.25, -0.2) is 0 Å². The van der Waals surface area contributed by atoms with Crippen LogP contribution in [0.1, 0.15) is 24.4 Å². The number of ether oxygens (including phenoxy) is 1. The lowest BCUT2D eigenvalue weighted by Crippen LogP contribution is -2.50. The molecular formula is C19H29ClN4O3. The van der Waals surface area contributed by atoms with Crippen molar-refractivity contribution in [3.05, 3.63) is 29.8 Å². The van der Waals surface area contributed by atoms with Crippen molar-refractivity contribution >= 4 is 24.2 Å². The minimum Gasteiger partial charge on any atom is -0.496 e. The molecule has 0 bridgehead atoms. The van der Waals surface area contributed by atoms with Gasteiger partial charge < -0.3 is 20.3 Å². The highest BCUT2D eigenvalue weighted by Crippen LogP contribution is 2.29. The molecule has 8 heteroatoms. The van der Waals surface area contributed by atoms with Gasteiger partial charge in [-0.2, -0.15) is 0 Å². The van der Waals surface area contributed by atoms with Crippen molar-refractivity contribution in [1.29, 1.82) is 0 Å². The molecule has 1 aromatic carbocycles. The lowest BCUT2D eigenvalue weighted by atomic mass is 10.0. The second-order valence-corrected chi connectivity index (χ2v) is 6.80. The molecule has 2 aliphatic heterocycles. The summed E-state index contributed by atoms with van der Waals surface area (Å²) in [5, 5.41) is 6.17. The lowest BCUT2D eigenvalue weighted by Gasteiger charge is -2.36. The summed E-state index contributed by atoms with van der Waals surface area (Å²) >= 11 is 0. The van der Waals surface area contributed by atoms with Crippen molar-refractivity contribution in [3.8, 4) is 5.75 Å². The number of nitrogens with zero attached hydrogens (tertiary/aromatic N) is 2. The summed E-state index contributed by atoms with van der Waals surface area (Å²) in [4.78, 5) is 28.4. The van der Waals surface area contributed by atoms with Crippen molar-refractivity contribution in [2.75, 3.05) is 52.9 Å². The van der Waals surface area contributed by atoms with Gasteiger partial charge in [0, 0.05) is 38.3 Å². The summed E-state index contributed by atoms with van der Waals surface area (Å²) in [5.74, 6) is 0.729. The zero-order valence-electron chi connectivity index (χ0n) is 15.8. The van der Waals surface area contributed by atoms with Gasteiger partial charge in [-0.1, -0.05) is 18.2 Å². The van der Waals surface area contributed by atoms with Crippen molar-refractivity contribution in [2.24, 2.45) is 0 Å². The summed E-state index contributed by atoms with van der Waals surface area (Å²) in [5.41, 5.74) is 1.07. The zero-order valence-corrected chi connectivity index (χ0v) is 16.6. The predicted molar refractivity (Wildman–Crippen MR) is 106 cm³/mol. The Bertz CT molecular complexity index is 637. The van der Waals surface area contributed by atoms with Gasteiger partial charge in [0.15, 0.2) is 0 Å². The van der Waals surface area contributed by atoms with E-state index in [1.807, 2.05) is 29.2 Å². The number of likely N-dealkylation sites (tertiary alicyclic amines) is 1. The SMILES string of the molecule is COc1ccccc1C1CNCCN1CC(=O)NCC(=O)N1CCCC1.Cl. The Morgan fingerprint density at radius 1 is 1.22 bits per heavy atom. The fourth-order valence-corrected chi connectivity index (χ4v) is 3.68. The number of halogens is 1. The molecule has 0 aromatic heterocycles. The third kappa shape index (κ3) is 5.57. The molecule has 0 spiro atoms. The van der Waals surface area contributed by atoms with E-state index in [0.29, 0.717) is 0 Å². The smallest absolute Gasteiger partial charge is 0.241 e. The standard InChI is InChI=1S/C19H28N4O3.ClH/c1-26-17-7-3-2-6-15(17)16-12-20-8-11-23(16)14-18(24)21-13-19(25)22-9-4-5-10-22;/h2-3,6-7,16,20H,4-5,8-14H2,1H3,(H,21,24);1H. The van der Waals surface area contributed by atoms with Gasteiger partial charge in [-0.15, -0.1) is 12.4 Å². The largest absolute Gasteiger partial charge is 0.496 e. The van der Waals surface area contributed by atoms with Gasteiger partial charge in [0.25, 0.3) is 0 Å². The summed E-state index contributed by atoms with van der Waals surface area (Å²) in [6.07, 6.45) is 2.11. The van der Waals surface area contributed by atoms with E-state index in [1.54, 1.807) is 7.11 Å². The fraction of sp³-hybridized carbons (Fsp3) is 0.579. The number of hydrogen-bond donors (Lipinski definition) is 2. The van der Waals surface area contributed by atoms with Crippen LogP contribution in [-0.4, -0.2) is 74.5 Å². The number of para-hydroxylation sites is 1. The van der Waals surface area contributed by atoms with Gasteiger partial charge in [0.2, 0.25) is 11.8 Å². The highest BCUT2D eigenvalue weighted by molar-refractivity contribution is 5.86. The van der Waals surface area contributed by atoms with Gasteiger partial charge in [-0.05, 0) is 18.9 Å². The second kappa shape index (κ2) is 10.5. The van der Waals surface area contributed by atoms with Crippen molar-refractivity contribution in [1.82, 2.24) is 20.4 Å². The molecule has 7 nitrogen and oxygen atoms in total. The zero-order chi connectivity index (χ0) is 18.4. The topological polar surface area (TPSA) is 73.9 Å².